The molecule has 0 atom stereocenters. The van der Waals surface area contributed by atoms with Crippen molar-refractivity contribution in [3.05, 3.63) is 58.4 Å². The third-order valence-corrected chi connectivity index (χ3v) is 3.84. The monoisotopic (exact) mass is 329 g/mol. The first-order valence-electron chi connectivity index (χ1n) is 7.37. The number of aryl methyl sites for hydroxylation is 1. The minimum Gasteiger partial charge on any atom is -0.348 e. The fourth-order valence-electron chi connectivity index (χ4n) is 2.14. The second-order valence-electron chi connectivity index (χ2n) is 5.59. The smallest absolute Gasteiger partial charge is 0.270 e. The number of hydrogen-bond donors (Lipinski definition) is 2. The van der Waals surface area contributed by atoms with Gasteiger partial charge in [-0.3, -0.25) is 14.6 Å². The molecular formula is C17H16ClN3O2. The third-order valence-electron chi connectivity index (χ3n) is 3.60. The van der Waals surface area contributed by atoms with Crippen LogP contribution >= 0.6 is 11.6 Å². The Morgan fingerprint density at radius 3 is 2.65 bits per heavy atom. The zero-order valence-corrected chi connectivity index (χ0v) is 13.4. The summed E-state index contributed by atoms with van der Waals surface area (Å²) in [7, 11) is 0. The highest BCUT2D eigenvalue weighted by molar-refractivity contribution is 6.30. The SMILES string of the molecule is Cc1cc(Cl)ccc1NC(=O)c1ccnc(C(=O)NC2CC2)c1. The van der Waals surface area contributed by atoms with E-state index in [0.29, 0.717) is 16.3 Å². The van der Waals surface area contributed by atoms with Gasteiger partial charge in [0.25, 0.3) is 11.8 Å². The first kappa shape index (κ1) is 15.5. The van der Waals surface area contributed by atoms with E-state index < -0.39 is 0 Å². The van der Waals surface area contributed by atoms with Crippen molar-refractivity contribution < 1.29 is 9.59 Å². The van der Waals surface area contributed by atoms with Gasteiger partial charge in [-0.1, -0.05) is 11.6 Å². The zero-order chi connectivity index (χ0) is 16.4. The Labute approximate surface area is 139 Å². The summed E-state index contributed by atoms with van der Waals surface area (Å²) in [6.45, 7) is 1.86. The highest BCUT2D eigenvalue weighted by Gasteiger charge is 2.24. The Balaban J connectivity index is 1.75. The van der Waals surface area contributed by atoms with Gasteiger partial charge in [0.15, 0.2) is 0 Å². The van der Waals surface area contributed by atoms with E-state index in [1.165, 1.54) is 12.3 Å². The van der Waals surface area contributed by atoms with Gasteiger partial charge in [0, 0.05) is 28.5 Å². The van der Waals surface area contributed by atoms with Crippen molar-refractivity contribution in [1.29, 1.82) is 0 Å². The molecular weight excluding hydrogens is 314 g/mol. The molecule has 1 heterocycles. The van der Waals surface area contributed by atoms with E-state index in [0.717, 1.165) is 18.4 Å². The fraction of sp³-hybridized carbons (Fsp3) is 0.235. The summed E-state index contributed by atoms with van der Waals surface area (Å²) in [5, 5.41) is 6.28. The van der Waals surface area contributed by atoms with E-state index in [9.17, 15) is 9.59 Å². The van der Waals surface area contributed by atoms with Crippen LogP contribution in [0.4, 0.5) is 5.69 Å². The van der Waals surface area contributed by atoms with Gasteiger partial charge in [-0.05, 0) is 55.7 Å². The van der Waals surface area contributed by atoms with Crippen molar-refractivity contribution >= 4 is 29.1 Å². The van der Waals surface area contributed by atoms with Crippen LogP contribution in [0.2, 0.25) is 5.02 Å². The molecule has 2 amide bonds. The molecule has 0 bridgehead atoms. The van der Waals surface area contributed by atoms with Crippen molar-refractivity contribution in [3.8, 4) is 0 Å². The van der Waals surface area contributed by atoms with Crippen molar-refractivity contribution in [2.24, 2.45) is 0 Å². The van der Waals surface area contributed by atoms with Crippen LogP contribution in [0.25, 0.3) is 0 Å². The van der Waals surface area contributed by atoms with Crippen LogP contribution in [-0.2, 0) is 0 Å². The number of anilines is 1. The summed E-state index contributed by atoms with van der Waals surface area (Å²) < 4.78 is 0. The molecule has 0 unspecified atom stereocenters. The molecule has 1 aromatic carbocycles. The largest absolute Gasteiger partial charge is 0.348 e. The average Bonchev–Trinajstić information content (AvgIpc) is 3.34. The average molecular weight is 330 g/mol. The van der Waals surface area contributed by atoms with E-state index >= 15 is 0 Å². The predicted octanol–water partition coefficient (Wildman–Crippen LogP) is 3.19. The first-order chi connectivity index (χ1) is 11.0. The lowest BCUT2D eigenvalue weighted by Gasteiger charge is -2.09. The molecule has 2 N–H and O–H groups in total. The lowest BCUT2D eigenvalue weighted by molar-refractivity contribution is 0.0946. The summed E-state index contributed by atoms with van der Waals surface area (Å²) in [4.78, 5) is 28.4. The Kier molecular flexibility index (Phi) is 4.30. The van der Waals surface area contributed by atoms with Gasteiger partial charge in [-0.25, -0.2) is 0 Å². The number of nitrogens with zero attached hydrogens (tertiary/aromatic N) is 1. The third kappa shape index (κ3) is 3.87. The molecule has 1 aliphatic carbocycles. The van der Waals surface area contributed by atoms with Crippen LogP contribution in [0.1, 0.15) is 39.3 Å². The van der Waals surface area contributed by atoms with E-state index in [4.69, 9.17) is 11.6 Å². The predicted molar refractivity (Wildman–Crippen MR) is 88.9 cm³/mol. The molecule has 0 radical (unpaired) electrons. The molecule has 6 heteroatoms. The van der Waals surface area contributed by atoms with Gasteiger partial charge < -0.3 is 10.6 Å². The molecule has 5 nitrogen and oxygen atoms in total. The number of carbonyl (C=O) groups is 2. The van der Waals surface area contributed by atoms with Crippen molar-refractivity contribution in [2.45, 2.75) is 25.8 Å². The number of aromatic nitrogens is 1. The van der Waals surface area contributed by atoms with Crippen LogP contribution < -0.4 is 10.6 Å². The molecule has 0 saturated heterocycles. The summed E-state index contributed by atoms with van der Waals surface area (Å²) >= 11 is 5.91. The number of hydrogen-bond acceptors (Lipinski definition) is 3. The molecule has 2 aromatic rings. The molecule has 0 aliphatic heterocycles. The van der Waals surface area contributed by atoms with Crippen molar-refractivity contribution in [3.63, 3.8) is 0 Å². The minimum atomic E-state index is -0.293. The molecule has 3 rings (SSSR count). The van der Waals surface area contributed by atoms with Crippen LogP contribution in [0, 0.1) is 6.92 Å². The second kappa shape index (κ2) is 6.38. The molecule has 1 fully saturated rings. The summed E-state index contributed by atoms with van der Waals surface area (Å²) in [6, 6.07) is 8.56. The number of carbonyl (C=O) groups excluding carboxylic acids is 2. The Bertz CT molecular complexity index is 772. The maximum Gasteiger partial charge on any atom is 0.270 e. The topological polar surface area (TPSA) is 71.1 Å². The minimum absolute atomic E-state index is 0.246. The van der Waals surface area contributed by atoms with Crippen LogP contribution in [0.3, 0.4) is 0 Å². The van der Waals surface area contributed by atoms with E-state index in [-0.39, 0.29) is 23.6 Å². The quantitative estimate of drug-likeness (QED) is 0.905. The number of amides is 2. The summed E-state index contributed by atoms with van der Waals surface area (Å²) in [5.74, 6) is -0.539. The van der Waals surface area contributed by atoms with E-state index in [2.05, 4.69) is 15.6 Å². The van der Waals surface area contributed by atoms with E-state index in [1.807, 2.05) is 6.92 Å². The van der Waals surface area contributed by atoms with Crippen LogP contribution in [-0.4, -0.2) is 22.8 Å². The van der Waals surface area contributed by atoms with E-state index in [1.54, 1.807) is 24.3 Å². The van der Waals surface area contributed by atoms with Crippen molar-refractivity contribution in [1.82, 2.24) is 10.3 Å². The number of nitrogens with one attached hydrogen (secondary N) is 2. The lowest BCUT2D eigenvalue weighted by Crippen LogP contribution is -2.26. The fourth-order valence-corrected chi connectivity index (χ4v) is 2.37. The first-order valence-corrected chi connectivity index (χ1v) is 7.75. The molecule has 23 heavy (non-hydrogen) atoms. The maximum atomic E-state index is 12.4. The highest BCUT2D eigenvalue weighted by Crippen LogP contribution is 2.21. The van der Waals surface area contributed by atoms with Gasteiger partial charge in [0.1, 0.15) is 5.69 Å². The second-order valence-corrected chi connectivity index (χ2v) is 6.03. The summed E-state index contributed by atoms with van der Waals surface area (Å²) in [5.41, 5.74) is 2.18. The van der Waals surface area contributed by atoms with Gasteiger partial charge in [-0.2, -0.15) is 0 Å². The summed E-state index contributed by atoms with van der Waals surface area (Å²) in [6.07, 6.45) is 3.47. The number of halogens is 1. The normalized spacial score (nSPS) is 13.5. The standard InChI is InChI=1S/C17H16ClN3O2/c1-10-8-12(18)2-5-14(10)21-16(22)11-6-7-19-15(9-11)17(23)20-13-3-4-13/h2,5-9,13H,3-4H2,1H3,(H,20,23)(H,21,22). The number of benzene rings is 1. The lowest BCUT2D eigenvalue weighted by atomic mass is 10.1. The molecule has 1 saturated carbocycles. The van der Waals surface area contributed by atoms with Crippen molar-refractivity contribution in [2.75, 3.05) is 5.32 Å². The molecule has 1 aliphatic rings. The highest BCUT2D eigenvalue weighted by atomic mass is 35.5. The molecule has 0 spiro atoms. The Morgan fingerprint density at radius 2 is 1.96 bits per heavy atom. The van der Waals surface area contributed by atoms with Crippen LogP contribution in [0.5, 0.6) is 0 Å². The Hall–Kier alpha value is -2.40. The molecule has 1 aromatic heterocycles. The number of rotatable bonds is 4. The number of pyridine rings is 1. The van der Waals surface area contributed by atoms with Gasteiger partial charge in [0.05, 0.1) is 0 Å². The Morgan fingerprint density at radius 1 is 1.17 bits per heavy atom. The zero-order valence-electron chi connectivity index (χ0n) is 12.6. The molecule has 118 valence electrons. The van der Waals surface area contributed by atoms with Gasteiger partial charge >= 0.3 is 0 Å². The maximum absolute atomic E-state index is 12.4. The van der Waals surface area contributed by atoms with Crippen LogP contribution in [0.15, 0.2) is 36.5 Å². The van der Waals surface area contributed by atoms with Gasteiger partial charge in [0.2, 0.25) is 0 Å². The van der Waals surface area contributed by atoms with Gasteiger partial charge in [-0.15, -0.1) is 0 Å².